The van der Waals surface area contributed by atoms with Crippen LogP contribution in [0.5, 0.6) is 0 Å². The van der Waals surface area contributed by atoms with Crippen molar-refractivity contribution in [2.75, 3.05) is 5.73 Å². The summed E-state index contributed by atoms with van der Waals surface area (Å²) in [7, 11) is 0. The standard InChI is InChI=1S/C10H15ClN2/c1-3-7(4-2)9-5-8(11)6-13-10(9)12/h5-7H,3-4H2,1-2H3,(H2,12,13). The highest BCUT2D eigenvalue weighted by molar-refractivity contribution is 6.30. The van der Waals surface area contributed by atoms with Crippen LogP contribution in [-0.2, 0) is 0 Å². The van der Waals surface area contributed by atoms with E-state index in [0.29, 0.717) is 16.8 Å². The smallest absolute Gasteiger partial charge is 0.126 e. The summed E-state index contributed by atoms with van der Waals surface area (Å²) < 4.78 is 0. The zero-order chi connectivity index (χ0) is 9.84. The Morgan fingerprint density at radius 1 is 1.46 bits per heavy atom. The highest BCUT2D eigenvalue weighted by Crippen LogP contribution is 2.28. The molecular weight excluding hydrogens is 184 g/mol. The average molecular weight is 199 g/mol. The second-order valence-electron chi connectivity index (χ2n) is 3.14. The number of nitrogen functional groups attached to an aromatic ring is 1. The van der Waals surface area contributed by atoms with Gasteiger partial charge >= 0.3 is 0 Å². The molecule has 0 radical (unpaired) electrons. The van der Waals surface area contributed by atoms with Gasteiger partial charge in [-0.05, 0) is 30.4 Å². The maximum atomic E-state index is 5.86. The maximum absolute atomic E-state index is 5.86. The first kappa shape index (κ1) is 10.3. The fraction of sp³-hybridized carbons (Fsp3) is 0.500. The largest absolute Gasteiger partial charge is 0.383 e. The molecule has 0 aliphatic carbocycles. The fourth-order valence-electron chi connectivity index (χ4n) is 1.52. The first-order valence-electron chi connectivity index (χ1n) is 4.59. The summed E-state index contributed by atoms with van der Waals surface area (Å²) >= 11 is 5.86. The van der Waals surface area contributed by atoms with Gasteiger partial charge in [0.15, 0.2) is 0 Å². The van der Waals surface area contributed by atoms with Crippen LogP contribution in [0, 0.1) is 0 Å². The van der Waals surface area contributed by atoms with E-state index < -0.39 is 0 Å². The molecule has 1 rings (SSSR count). The van der Waals surface area contributed by atoms with Crippen molar-refractivity contribution in [1.29, 1.82) is 0 Å². The van der Waals surface area contributed by atoms with Gasteiger partial charge in [0.1, 0.15) is 5.82 Å². The van der Waals surface area contributed by atoms with Crippen molar-refractivity contribution in [3.8, 4) is 0 Å². The third kappa shape index (κ3) is 2.34. The quantitative estimate of drug-likeness (QED) is 0.810. The minimum Gasteiger partial charge on any atom is -0.383 e. The monoisotopic (exact) mass is 198 g/mol. The minimum atomic E-state index is 0.478. The average Bonchev–Trinajstić information content (AvgIpc) is 2.13. The van der Waals surface area contributed by atoms with Crippen LogP contribution in [0.25, 0.3) is 0 Å². The number of hydrogen-bond acceptors (Lipinski definition) is 2. The molecule has 2 nitrogen and oxygen atoms in total. The predicted octanol–water partition coefficient (Wildman–Crippen LogP) is 3.22. The van der Waals surface area contributed by atoms with Crippen LogP contribution in [-0.4, -0.2) is 4.98 Å². The molecule has 0 atom stereocenters. The van der Waals surface area contributed by atoms with E-state index in [0.717, 1.165) is 18.4 Å². The van der Waals surface area contributed by atoms with Crippen LogP contribution >= 0.6 is 11.6 Å². The number of anilines is 1. The summed E-state index contributed by atoms with van der Waals surface area (Å²) in [6.07, 6.45) is 3.73. The van der Waals surface area contributed by atoms with E-state index in [9.17, 15) is 0 Å². The van der Waals surface area contributed by atoms with E-state index in [2.05, 4.69) is 18.8 Å². The topological polar surface area (TPSA) is 38.9 Å². The zero-order valence-electron chi connectivity index (χ0n) is 8.05. The Morgan fingerprint density at radius 3 is 2.62 bits per heavy atom. The van der Waals surface area contributed by atoms with Crippen LogP contribution in [0.2, 0.25) is 5.02 Å². The molecule has 13 heavy (non-hydrogen) atoms. The van der Waals surface area contributed by atoms with E-state index >= 15 is 0 Å². The molecule has 72 valence electrons. The lowest BCUT2D eigenvalue weighted by molar-refractivity contribution is 0.642. The first-order valence-corrected chi connectivity index (χ1v) is 4.97. The molecular formula is C10H15ClN2. The Labute approximate surface area is 84.1 Å². The molecule has 0 unspecified atom stereocenters. The highest BCUT2D eigenvalue weighted by atomic mass is 35.5. The SMILES string of the molecule is CCC(CC)c1cc(Cl)cnc1N. The van der Waals surface area contributed by atoms with Gasteiger partial charge in [0.25, 0.3) is 0 Å². The van der Waals surface area contributed by atoms with Crippen molar-refractivity contribution < 1.29 is 0 Å². The van der Waals surface area contributed by atoms with Crippen molar-refractivity contribution in [3.63, 3.8) is 0 Å². The van der Waals surface area contributed by atoms with E-state index in [4.69, 9.17) is 17.3 Å². The van der Waals surface area contributed by atoms with Crippen LogP contribution in [0.3, 0.4) is 0 Å². The minimum absolute atomic E-state index is 0.478. The van der Waals surface area contributed by atoms with Gasteiger partial charge in [-0.25, -0.2) is 4.98 Å². The molecule has 1 aromatic rings. The molecule has 2 N–H and O–H groups in total. The van der Waals surface area contributed by atoms with E-state index in [1.54, 1.807) is 6.20 Å². The maximum Gasteiger partial charge on any atom is 0.126 e. The van der Waals surface area contributed by atoms with Crippen molar-refractivity contribution in [3.05, 3.63) is 22.8 Å². The van der Waals surface area contributed by atoms with Gasteiger partial charge in [-0.3, -0.25) is 0 Å². The van der Waals surface area contributed by atoms with Gasteiger partial charge < -0.3 is 5.73 Å². The Balaban J connectivity index is 3.03. The van der Waals surface area contributed by atoms with Crippen molar-refractivity contribution in [2.24, 2.45) is 0 Å². The molecule has 1 aromatic heterocycles. The summed E-state index contributed by atoms with van der Waals surface area (Å²) in [5.41, 5.74) is 6.85. The lowest BCUT2D eigenvalue weighted by Gasteiger charge is -2.14. The summed E-state index contributed by atoms with van der Waals surface area (Å²) in [5.74, 6) is 1.09. The molecule has 0 amide bonds. The Morgan fingerprint density at radius 2 is 2.08 bits per heavy atom. The third-order valence-corrected chi connectivity index (χ3v) is 2.55. The van der Waals surface area contributed by atoms with Gasteiger partial charge in [-0.15, -0.1) is 0 Å². The van der Waals surface area contributed by atoms with Crippen LogP contribution in [0.15, 0.2) is 12.3 Å². The molecule has 0 aliphatic rings. The highest BCUT2D eigenvalue weighted by Gasteiger charge is 2.11. The first-order chi connectivity index (χ1) is 6.19. The number of pyridine rings is 1. The lowest BCUT2D eigenvalue weighted by Crippen LogP contribution is -2.02. The zero-order valence-corrected chi connectivity index (χ0v) is 8.80. The molecule has 3 heteroatoms. The van der Waals surface area contributed by atoms with Crippen LogP contribution < -0.4 is 5.73 Å². The van der Waals surface area contributed by atoms with Gasteiger partial charge in [-0.1, -0.05) is 25.4 Å². The molecule has 0 bridgehead atoms. The summed E-state index contributed by atoms with van der Waals surface area (Å²) in [6.45, 7) is 4.29. The summed E-state index contributed by atoms with van der Waals surface area (Å²) in [5, 5.41) is 0.663. The molecule has 0 saturated heterocycles. The number of hydrogen-bond donors (Lipinski definition) is 1. The number of rotatable bonds is 3. The Kier molecular flexibility index (Phi) is 3.55. The summed E-state index contributed by atoms with van der Waals surface area (Å²) in [6, 6.07) is 1.92. The van der Waals surface area contributed by atoms with E-state index in [-0.39, 0.29) is 0 Å². The van der Waals surface area contributed by atoms with Gasteiger partial charge in [0.2, 0.25) is 0 Å². The molecule has 0 aromatic carbocycles. The van der Waals surface area contributed by atoms with Crippen LogP contribution in [0.4, 0.5) is 5.82 Å². The number of nitrogens with two attached hydrogens (primary N) is 1. The molecule has 1 heterocycles. The van der Waals surface area contributed by atoms with Crippen molar-refractivity contribution in [1.82, 2.24) is 4.98 Å². The molecule has 0 aliphatic heterocycles. The van der Waals surface area contributed by atoms with Gasteiger partial charge in [-0.2, -0.15) is 0 Å². The summed E-state index contributed by atoms with van der Waals surface area (Å²) in [4.78, 5) is 4.04. The third-order valence-electron chi connectivity index (χ3n) is 2.34. The van der Waals surface area contributed by atoms with E-state index in [1.807, 2.05) is 6.07 Å². The van der Waals surface area contributed by atoms with Gasteiger partial charge in [0, 0.05) is 6.20 Å². The Hall–Kier alpha value is -0.760. The lowest BCUT2D eigenvalue weighted by atomic mass is 9.95. The molecule has 0 fully saturated rings. The second-order valence-corrected chi connectivity index (χ2v) is 3.58. The number of nitrogens with zero attached hydrogens (tertiary/aromatic N) is 1. The normalized spacial score (nSPS) is 10.8. The predicted molar refractivity (Wildman–Crippen MR) is 57.0 cm³/mol. The van der Waals surface area contributed by atoms with Crippen molar-refractivity contribution >= 4 is 17.4 Å². The van der Waals surface area contributed by atoms with Gasteiger partial charge in [0.05, 0.1) is 5.02 Å². The molecule has 0 spiro atoms. The van der Waals surface area contributed by atoms with E-state index in [1.165, 1.54) is 0 Å². The van der Waals surface area contributed by atoms with Crippen molar-refractivity contribution in [2.45, 2.75) is 32.6 Å². The Bertz CT molecular complexity index is 282. The van der Waals surface area contributed by atoms with Crippen LogP contribution in [0.1, 0.15) is 38.2 Å². The molecule has 0 saturated carbocycles. The fourth-order valence-corrected chi connectivity index (χ4v) is 1.69. The second kappa shape index (κ2) is 4.47. The number of aromatic nitrogens is 1. The number of halogens is 1.